The largest absolute Gasteiger partial charge is 0.371 e. The summed E-state index contributed by atoms with van der Waals surface area (Å²) in [5, 5.41) is 10.3. The minimum absolute atomic E-state index is 0.188. The first kappa shape index (κ1) is 10.0. The number of nitrogens with two attached hydrogens (primary N) is 1. The van der Waals surface area contributed by atoms with Gasteiger partial charge in [-0.1, -0.05) is 11.3 Å². The highest BCUT2D eigenvalue weighted by Crippen LogP contribution is 2.29. The maximum absolute atomic E-state index is 5.63. The second-order valence-electron chi connectivity index (χ2n) is 3.43. The van der Waals surface area contributed by atoms with Gasteiger partial charge in [-0.2, -0.15) is 0 Å². The average Bonchev–Trinajstić information content (AvgIpc) is 2.68. The van der Waals surface area contributed by atoms with E-state index in [1.54, 1.807) is 11.3 Å². The van der Waals surface area contributed by atoms with Gasteiger partial charge >= 0.3 is 0 Å². The quantitative estimate of drug-likeness (QED) is 0.821. The standard InChI is InChI=1S/C9H15N3OS/c10-5-4-8-11-12-9(14-8)7-3-1-2-6-13-7/h7H,1-6,10H2. The maximum Gasteiger partial charge on any atom is 0.146 e. The molecule has 0 aromatic carbocycles. The van der Waals surface area contributed by atoms with Crippen molar-refractivity contribution in [3.8, 4) is 0 Å². The van der Waals surface area contributed by atoms with Crippen LogP contribution in [0.15, 0.2) is 0 Å². The number of hydrogen-bond acceptors (Lipinski definition) is 5. The Hall–Kier alpha value is -0.520. The number of aromatic nitrogens is 2. The summed E-state index contributed by atoms with van der Waals surface area (Å²) in [7, 11) is 0. The van der Waals surface area contributed by atoms with Crippen LogP contribution in [0.1, 0.15) is 35.4 Å². The van der Waals surface area contributed by atoms with Crippen molar-refractivity contribution in [3.05, 3.63) is 10.0 Å². The van der Waals surface area contributed by atoms with Gasteiger partial charge in [0.05, 0.1) is 0 Å². The van der Waals surface area contributed by atoms with Crippen LogP contribution >= 0.6 is 11.3 Å². The second kappa shape index (κ2) is 4.82. The molecule has 5 heteroatoms. The van der Waals surface area contributed by atoms with Gasteiger partial charge < -0.3 is 10.5 Å². The zero-order chi connectivity index (χ0) is 9.80. The van der Waals surface area contributed by atoms with Crippen molar-refractivity contribution < 1.29 is 4.74 Å². The van der Waals surface area contributed by atoms with Crippen molar-refractivity contribution in [2.45, 2.75) is 31.8 Å². The van der Waals surface area contributed by atoms with E-state index in [1.807, 2.05) is 0 Å². The molecule has 1 aromatic rings. The molecule has 78 valence electrons. The Morgan fingerprint density at radius 1 is 1.43 bits per heavy atom. The summed E-state index contributed by atoms with van der Waals surface area (Å²) in [6.45, 7) is 1.50. The molecule has 1 aliphatic heterocycles. The van der Waals surface area contributed by atoms with Gasteiger partial charge in [0, 0.05) is 13.0 Å². The van der Waals surface area contributed by atoms with Gasteiger partial charge in [0.2, 0.25) is 0 Å². The molecule has 0 bridgehead atoms. The van der Waals surface area contributed by atoms with E-state index in [4.69, 9.17) is 10.5 Å². The fourth-order valence-corrected chi connectivity index (χ4v) is 2.50. The molecule has 2 rings (SSSR count). The Morgan fingerprint density at radius 3 is 3.07 bits per heavy atom. The van der Waals surface area contributed by atoms with Gasteiger partial charge in [-0.15, -0.1) is 10.2 Å². The van der Waals surface area contributed by atoms with Crippen LogP contribution in [-0.2, 0) is 11.2 Å². The number of nitrogens with zero attached hydrogens (tertiary/aromatic N) is 2. The summed E-state index contributed by atoms with van der Waals surface area (Å²) in [4.78, 5) is 0. The van der Waals surface area contributed by atoms with E-state index in [0.29, 0.717) is 6.54 Å². The van der Waals surface area contributed by atoms with E-state index in [0.717, 1.165) is 29.5 Å². The molecule has 0 radical (unpaired) electrons. The van der Waals surface area contributed by atoms with E-state index >= 15 is 0 Å². The van der Waals surface area contributed by atoms with Crippen molar-refractivity contribution in [3.63, 3.8) is 0 Å². The Kier molecular flexibility index (Phi) is 3.44. The summed E-state index contributed by atoms with van der Waals surface area (Å²) in [6.07, 6.45) is 4.50. The molecule has 2 heterocycles. The predicted octanol–water partition coefficient (Wildman–Crippen LogP) is 1.28. The van der Waals surface area contributed by atoms with Crippen molar-refractivity contribution >= 4 is 11.3 Å². The van der Waals surface area contributed by atoms with Crippen LogP contribution in [0, 0.1) is 0 Å². The van der Waals surface area contributed by atoms with Gasteiger partial charge in [0.1, 0.15) is 16.1 Å². The van der Waals surface area contributed by atoms with E-state index in [-0.39, 0.29) is 6.10 Å². The Balaban J connectivity index is 2.00. The molecule has 1 fully saturated rings. The van der Waals surface area contributed by atoms with Crippen LogP contribution in [0.25, 0.3) is 0 Å². The third kappa shape index (κ3) is 2.29. The molecule has 1 unspecified atom stereocenters. The van der Waals surface area contributed by atoms with Crippen LogP contribution in [0.2, 0.25) is 0 Å². The van der Waals surface area contributed by atoms with E-state index in [9.17, 15) is 0 Å². The van der Waals surface area contributed by atoms with Crippen LogP contribution in [0.3, 0.4) is 0 Å². The lowest BCUT2D eigenvalue weighted by atomic mass is 10.1. The minimum Gasteiger partial charge on any atom is -0.371 e. The highest BCUT2D eigenvalue weighted by atomic mass is 32.1. The third-order valence-electron chi connectivity index (χ3n) is 2.30. The minimum atomic E-state index is 0.188. The second-order valence-corrected chi connectivity index (χ2v) is 4.52. The molecule has 1 saturated heterocycles. The lowest BCUT2D eigenvalue weighted by Gasteiger charge is -2.19. The normalized spacial score (nSPS) is 22.5. The molecule has 2 N–H and O–H groups in total. The number of ether oxygens (including phenoxy) is 1. The third-order valence-corrected chi connectivity index (χ3v) is 3.37. The fraction of sp³-hybridized carbons (Fsp3) is 0.778. The van der Waals surface area contributed by atoms with Crippen LogP contribution < -0.4 is 5.73 Å². The summed E-state index contributed by atoms with van der Waals surface area (Å²) >= 11 is 1.64. The maximum atomic E-state index is 5.63. The Labute approximate surface area is 87.5 Å². The van der Waals surface area contributed by atoms with Crippen molar-refractivity contribution in [1.82, 2.24) is 10.2 Å². The van der Waals surface area contributed by atoms with Gasteiger partial charge in [-0.3, -0.25) is 0 Å². The van der Waals surface area contributed by atoms with E-state index in [1.165, 1.54) is 12.8 Å². The lowest BCUT2D eigenvalue weighted by molar-refractivity contribution is 0.0144. The summed E-state index contributed by atoms with van der Waals surface area (Å²) in [5.41, 5.74) is 5.46. The molecule has 1 aromatic heterocycles. The summed E-state index contributed by atoms with van der Waals surface area (Å²) in [6, 6.07) is 0. The van der Waals surface area contributed by atoms with Crippen molar-refractivity contribution in [1.29, 1.82) is 0 Å². The molecular weight excluding hydrogens is 198 g/mol. The van der Waals surface area contributed by atoms with Crippen molar-refractivity contribution in [2.24, 2.45) is 5.73 Å². The SMILES string of the molecule is NCCc1nnc(C2CCCCO2)s1. The summed E-state index contributed by atoms with van der Waals surface area (Å²) < 4.78 is 5.63. The monoisotopic (exact) mass is 213 g/mol. The molecule has 0 amide bonds. The van der Waals surface area contributed by atoms with Crippen molar-refractivity contribution in [2.75, 3.05) is 13.2 Å². The summed E-state index contributed by atoms with van der Waals surface area (Å²) in [5.74, 6) is 0. The van der Waals surface area contributed by atoms with E-state index < -0.39 is 0 Å². The fourth-order valence-electron chi connectivity index (χ4n) is 1.56. The zero-order valence-electron chi connectivity index (χ0n) is 8.11. The van der Waals surface area contributed by atoms with Gasteiger partial charge in [-0.25, -0.2) is 0 Å². The molecule has 0 aliphatic carbocycles. The Morgan fingerprint density at radius 2 is 2.36 bits per heavy atom. The molecule has 1 atom stereocenters. The molecule has 4 nitrogen and oxygen atoms in total. The van der Waals surface area contributed by atoms with E-state index in [2.05, 4.69) is 10.2 Å². The first-order valence-electron chi connectivity index (χ1n) is 5.04. The first-order valence-corrected chi connectivity index (χ1v) is 5.86. The van der Waals surface area contributed by atoms with Crippen LogP contribution in [0.4, 0.5) is 0 Å². The smallest absolute Gasteiger partial charge is 0.146 e. The molecular formula is C9H15N3OS. The highest BCUT2D eigenvalue weighted by molar-refractivity contribution is 7.11. The molecule has 0 spiro atoms. The average molecular weight is 213 g/mol. The van der Waals surface area contributed by atoms with Gasteiger partial charge in [0.15, 0.2) is 0 Å². The van der Waals surface area contributed by atoms with Gasteiger partial charge in [-0.05, 0) is 25.8 Å². The predicted molar refractivity (Wildman–Crippen MR) is 55.2 cm³/mol. The Bertz CT molecular complexity index is 283. The molecule has 1 aliphatic rings. The molecule has 0 saturated carbocycles. The lowest BCUT2D eigenvalue weighted by Crippen LogP contribution is -2.11. The topological polar surface area (TPSA) is 61.0 Å². The van der Waals surface area contributed by atoms with Gasteiger partial charge in [0.25, 0.3) is 0 Å². The number of hydrogen-bond donors (Lipinski definition) is 1. The van der Waals surface area contributed by atoms with Crippen LogP contribution in [0.5, 0.6) is 0 Å². The molecule has 14 heavy (non-hydrogen) atoms. The highest BCUT2D eigenvalue weighted by Gasteiger charge is 2.19. The first-order chi connectivity index (χ1) is 6.90. The number of rotatable bonds is 3. The van der Waals surface area contributed by atoms with Crippen LogP contribution in [-0.4, -0.2) is 23.3 Å². The zero-order valence-corrected chi connectivity index (χ0v) is 8.92.